The van der Waals surface area contributed by atoms with E-state index in [4.69, 9.17) is 0 Å². The minimum Gasteiger partial charge on any atom is -0.448 e. The van der Waals surface area contributed by atoms with Crippen molar-refractivity contribution in [1.82, 2.24) is 0 Å². The number of rotatable bonds is 20. The summed E-state index contributed by atoms with van der Waals surface area (Å²) >= 11 is 0. The van der Waals surface area contributed by atoms with Gasteiger partial charge in [-0.05, 0) is 118 Å². The molecule has 2 aromatic carbocycles. The van der Waals surface area contributed by atoms with Crippen molar-refractivity contribution >= 4 is 11.4 Å². The Labute approximate surface area is 265 Å². The summed E-state index contributed by atoms with van der Waals surface area (Å²) in [7, 11) is 0. The number of hydrogen-bond donors (Lipinski definition) is 0. The molecule has 1 heterocycles. The van der Waals surface area contributed by atoms with Crippen molar-refractivity contribution < 1.29 is 4.68 Å². The van der Waals surface area contributed by atoms with Crippen LogP contribution in [0.2, 0.25) is 0 Å². The summed E-state index contributed by atoms with van der Waals surface area (Å²) in [5.41, 5.74) is 12.9. The second kappa shape index (κ2) is 18.9. The molecule has 1 aliphatic heterocycles. The number of nitrogens with one attached hydrogen (secondary N) is 1. The van der Waals surface area contributed by atoms with E-state index in [0.29, 0.717) is 0 Å². The number of nitrogens with zero attached hydrogens (tertiary/aromatic N) is 1. The molecule has 3 rings (SSSR count). The smallest absolute Gasteiger partial charge is 0.215 e. The summed E-state index contributed by atoms with van der Waals surface area (Å²) in [5, 5.41) is 0. The zero-order chi connectivity index (χ0) is 31.0. The Morgan fingerprint density at radius 2 is 0.953 bits per heavy atom. The highest BCUT2D eigenvalue weighted by Crippen LogP contribution is 2.36. The third-order valence-corrected chi connectivity index (χ3v) is 9.05. The molecule has 236 valence electrons. The van der Waals surface area contributed by atoms with Gasteiger partial charge in [0.15, 0.2) is 0 Å². The fraction of sp³-hybridized carbons (Fsp3) is 0.585. The molecule has 0 radical (unpaired) electrons. The second-order valence-corrected chi connectivity index (χ2v) is 13.0. The van der Waals surface area contributed by atoms with Gasteiger partial charge in [-0.1, -0.05) is 104 Å². The van der Waals surface area contributed by atoms with E-state index in [1.165, 1.54) is 128 Å². The normalized spacial score (nSPS) is 14.5. The van der Waals surface area contributed by atoms with Gasteiger partial charge >= 0.3 is 0 Å². The maximum Gasteiger partial charge on any atom is 0.215 e. The predicted molar refractivity (Wildman–Crippen MR) is 190 cm³/mol. The van der Waals surface area contributed by atoms with Gasteiger partial charge in [-0.2, -0.15) is 0 Å². The molecule has 2 heteroatoms. The average Bonchev–Trinajstić information content (AvgIpc) is 3.26. The standard InChI is InChI=1S/C41H62N2/c1-7-12-17-18-19-20-25-39-32(6)40(37-28-33(21-13-8-2)26-34(29-37)22-14-9-3)43(42)41(39)38-30-35(23-15-10-4)27-36(31-38)24-16-11-5/h25-31,42H,7-24H2,1-6H3. The van der Waals surface area contributed by atoms with Crippen LogP contribution in [0, 0.1) is 0 Å². The number of allylic oxidation sites excluding steroid dienone is 3. The first-order valence-corrected chi connectivity index (χ1v) is 18.0. The first-order chi connectivity index (χ1) is 21.0. The lowest BCUT2D eigenvalue weighted by Gasteiger charge is -2.13. The van der Waals surface area contributed by atoms with Gasteiger partial charge in [-0.15, -0.1) is 0 Å². The Morgan fingerprint density at radius 1 is 0.535 bits per heavy atom. The quantitative estimate of drug-likeness (QED) is 0.110. The molecule has 0 amide bonds. The topological polar surface area (TPSA) is 26.8 Å². The van der Waals surface area contributed by atoms with Crippen LogP contribution >= 0.6 is 0 Å². The van der Waals surface area contributed by atoms with E-state index in [0.717, 1.165) is 43.5 Å². The SMILES string of the molecule is CCCCCCCC=C1C(C)=C(c2cc(CCCC)cc(CCCC)c2)[N+]([NH-])=C1c1cc(CCCC)cc(CCCC)c1. The molecule has 2 nitrogen and oxygen atoms in total. The summed E-state index contributed by atoms with van der Waals surface area (Å²) in [6.45, 7) is 13.7. The molecule has 43 heavy (non-hydrogen) atoms. The van der Waals surface area contributed by atoms with Gasteiger partial charge in [-0.25, -0.2) is 4.68 Å². The molecule has 0 unspecified atom stereocenters. The fourth-order valence-corrected chi connectivity index (χ4v) is 6.48. The number of hydrogen-bond acceptors (Lipinski definition) is 0. The van der Waals surface area contributed by atoms with E-state index in [2.05, 4.69) is 84.0 Å². The molecular formula is C41H62N2. The van der Waals surface area contributed by atoms with E-state index < -0.39 is 0 Å². The molecule has 0 bridgehead atoms. The van der Waals surface area contributed by atoms with E-state index >= 15 is 0 Å². The highest BCUT2D eigenvalue weighted by atomic mass is 15.3. The first-order valence-electron chi connectivity index (χ1n) is 18.0. The third-order valence-electron chi connectivity index (χ3n) is 9.05. The zero-order valence-electron chi connectivity index (χ0n) is 28.7. The van der Waals surface area contributed by atoms with Crippen molar-refractivity contribution in [3.8, 4) is 0 Å². The van der Waals surface area contributed by atoms with Crippen molar-refractivity contribution in [1.29, 1.82) is 0 Å². The van der Waals surface area contributed by atoms with Gasteiger partial charge in [0.05, 0.1) is 5.57 Å². The van der Waals surface area contributed by atoms with Crippen molar-refractivity contribution in [2.24, 2.45) is 0 Å². The summed E-state index contributed by atoms with van der Waals surface area (Å²) in [4.78, 5) is 0. The lowest BCUT2D eigenvalue weighted by molar-refractivity contribution is -0.347. The molecule has 0 fully saturated rings. The average molecular weight is 583 g/mol. The van der Waals surface area contributed by atoms with Gasteiger partial charge in [0, 0.05) is 16.7 Å². The zero-order valence-corrected chi connectivity index (χ0v) is 28.7. The summed E-state index contributed by atoms with van der Waals surface area (Å²) in [5.74, 6) is 9.69. The monoisotopic (exact) mass is 582 g/mol. The fourth-order valence-electron chi connectivity index (χ4n) is 6.48. The van der Waals surface area contributed by atoms with Crippen LogP contribution in [-0.4, -0.2) is 10.4 Å². The molecule has 2 aromatic rings. The van der Waals surface area contributed by atoms with Gasteiger partial charge < -0.3 is 5.84 Å². The van der Waals surface area contributed by atoms with Crippen LogP contribution in [-0.2, 0) is 25.7 Å². The minimum atomic E-state index is 1.08. The molecular weight excluding hydrogens is 520 g/mol. The van der Waals surface area contributed by atoms with E-state index in [1.54, 1.807) is 0 Å². The highest BCUT2D eigenvalue weighted by molar-refractivity contribution is 6.16. The van der Waals surface area contributed by atoms with Crippen LogP contribution in [0.25, 0.3) is 11.5 Å². The van der Waals surface area contributed by atoms with Crippen molar-refractivity contribution in [2.45, 2.75) is 157 Å². The molecule has 1 N–H and O–H groups in total. The Morgan fingerprint density at radius 3 is 1.40 bits per heavy atom. The number of unbranched alkanes of at least 4 members (excludes halogenated alkanes) is 9. The maximum atomic E-state index is 9.69. The molecule has 0 saturated carbocycles. The van der Waals surface area contributed by atoms with Crippen LogP contribution < -0.4 is 0 Å². The van der Waals surface area contributed by atoms with Gasteiger partial charge in [-0.3, -0.25) is 0 Å². The number of aryl methyl sites for hydroxylation is 4. The molecule has 0 spiro atoms. The Hall–Kier alpha value is -2.61. The Bertz CT molecular complexity index is 1190. The summed E-state index contributed by atoms with van der Waals surface area (Å²) in [6.07, 6.45) is 24.1. The molecule has 0 atom stereocenters. The van der Waals surface area contributed by atoms with E-state index in [1.807, 2.05) is 4.68 Å². The van der Waals surface area contributed by atoms with Crippen LogP contribution in [0.3, 0.4) is 0 Å². The molecule has 0 saturated heterocycles. The first kappa shape index (κ1) is 34.9. The summed E-state index contributed by atoms with van der Waals surface area (Å²) < 4.78 is 1.81. The lowest BCUT2D eigenvalue weighted by atomic mass is 9.91. The second-order valence-electron chi connectivity index (χ2n) is 13.0. The Kier molecular flexibility index (Phi) is 15.3. The van der Waals surface area contributed by atoms with Gasteiger partial charge in [0.2, 0.25) is 11.4 Å². The maximum absolute atomic E-state index is 9.69. The van der Waals surface area contributed by atoms with E-state index in [-0.39, 0.29) is 0 Å². The van der Waals surface area contributed by atoms with Crippen LogP contribution in [0.15, 0.2) is 53.6 Å². The van der Waals surface area contributed by atoms with Gasteiger partial charge in [0.25, 0.3) is 0 Å². The lowest BCUT2D eigenvalue weighted by Crippen LogP contribution is -2.13. The van der Waals surface area contributed by atoms with Crippen molar-refractivity contribution in [3.63, 3.8) is 0 Å². The molecule has 0 aromatic heterocycles. The Balaban J connectivity index is 2.15. The van der Waals surface area contributed by atoms with Crippen molar-refractivity contribution in [3.05, 3.63) is 92.8 Å². The third kappa shape index (κ3) is 10.2. The van der Waals surface area contributed by atoms with Gasteiger partial charge in [0.1, 0.15) is 0 Å². The number of benzene rings is 2. The predicted octanol–water partition coefficient (Wildman–Crippen LogP) is 12.6. The van der Waals surface area contributed by atoms with E-state index in [9.17, 15) is 5.84 Å². The highest BCUT2D eigenvalue weighted by Gasteiger charge is 2.33. The van der Waals surface area contributed by atoms with Crippen LogP contribution in [0.1, 0.15) is 165 Å². The largest absolute Gasteiger partial charge is 0.448 e. The van der Waals surface area contributed by atoms with Crippen LogP contribution in [0.4, 0.5) is 0 Å². The molecule has 0 aliphatic carbocycles. The van der Waals surface area contributed by atoms with Crippen LogP contribution in [0.5, 0.6) is 0 Å². The summed E-state index contributed by atoms with van der Waals surface area (Å²) in [6, 6.07) is 14.5. The molecule has 1 aliphatic rings. The minimum absolute atomic E-state index is 1.08. The van der Waals surface area contributed by atoms with Crippen molar-refractivity contribution in [2.75, 3.05) is 0 Å².